The highest BCUT2D eigenvalue weighted by molar-refractivity contribution is 6.13. The van der Waals surface area contributed by atoms with Gasteiger partial charge in [-0.1, -0.05) is 6.08 Å². The quantitative estimate of drug-likeness (QED) is 0.531. The van der Waals surface area contributed by atoms with Crippen molar-refractivity contribution in [3.63, 3.8) is 0 Å². The van der Waals surface area contributed by atoms with Crippen LogP contribution in [0.5, 0.6) is 0 Å². The van der Waals surface area contributed by atoms with Gasteiger partial charge in [0.1, 0.15) is 0 Å². The maximum Gasteiger partial charge on any atom is 0.188 e. The predicted molar refractivity (Wildman–Crippen MR) is 37.6 cm³/mol. The molecule has 0 aromatic carbocycles. The number of nitrogens with zero attached hydrogens (tertiary/aromatic N) is 1. The van der Waals surface area contributed by atoms with E-state index in [-0.39, 0.29) is 5.78 Å². The average Bonchev–Trinajstić information content (AvgIpc) is 2.34. The Morgan fingerprint density at radius 2 is 2.20 bits per heavy atom. The zero-order valence-corrected chi connectivity index (χ0v) is 5.24. The highest BCUT2D eigenvalue weighted by atomic mass is 16.1. The number of ketones is 1. The third kappa shape index (κ3) is 0.589. The first-order chi connectivity index (χ1) is 4.88. The summed E-state index contributed by atoms with van der Waals surface area (Å²) in [5.41, 5.74) is 1.68. The van der Waals surface area contributed by atoms with E-state index in [9.17, 15) is 4.79 Å². The lowest BCUT2D eigenvalue weighted by Crippen LogP contribution is -1.91. The van der Waals surface area contributed by atoms with Crippen LogP contribution in [0.2, 0.25) is 0 Å². The number of aromatic nitrogens is 1. The monoisotopic (exact) mass is 131 g/mol. The smallest absolute Gasteiger partial charge is 0.188 e. The molecule has 1 aliphatic rings. The number of hydrogen-bond acceptors (Lipinski definition) is 2. The summed E-state index contributed by atoms with van der Waals surface area (Å²) in [7, 11) is 0. The van der Waals surface area contributed by atoms with Gasteiger partial charge in [-0.05, 0) is 17.7 Å². The minimum atomic E-state index is 0.0584. The molecule has 1 aromatic rings. The summed E-state index contributed by atoms with van der Waals surface area (Å²) < 4.78 is 0. The highest BCUT2D eigenvalue weighted by Crippen LogP contribution is 2.16. The van der Waals surface area contributed by atoms with Gasteiger partial charge in [0.25, 0.3) is 0 Å². The van der Waals surface area contributed by atoms with E-state index >= 15 is 0 Å². The van der Waals surface area contributed by atoms with Crippen molar-refractivity contribution in [2.45, 2.75) is 0 Å². The molecule has 10 heavy (non-hydrogen) atoms. The van der Waals surface area contributed by atoms with Gasteiger partial charge in [0.15, 0.2) is 5.78 Å². The number of rotatable bonds is 0. The molecule has 2 rings (SSSR count). The third-order valence-electron chi connectivity index (χ3n) is 1.53. The van der Waals surface area contributed by atoms with E-state index in [0.29, 0.717) is 5.56 Å². The van der Waals surface area contributed by atoms with Crippen molar-refractivity contribution in [1.82, 2.24) is 4.98 Å². The van der Waals surface area contributed by atoms with Gasteiger partial charge in [0, 0.05) is 18.0 Å². The Morgan fingerprint density at radius 3 is 3.00 bits per heavy atom. The molecule has 0 bridgehead atoms. The fraction of sp³-hybridized carbons (Fsp3) is 0. The van der Waals surface area contributed by atoms with Crippen LogP contribution in [0.15, 0.2) is 24.5 Å². The lowest BCUT2D eigenvalue weighted by molar-refractivity contribution is 0.105. The number of pyridine rings is 1. The van der Waals surface area contributed by atoms with Crippen molar-refractivity contribution >= 4 is 11.9 Å². The lowest BCUT2D eigenvalue weighted by atomic mass is 10.2. The molecule has 1 aromatic heterocycles. The average molecular weight is 131 g/mol. The van der Waals surface area contributed by atoms with E-state index in [1.54, 1.807) is 24.5 Å². The molecule has 0 saturated carbocycles. The fourth-order valence-electron chi connectivity index (χ4n) is 1.01. The molecule has 48 valence electrons. The van der Waals surface area contributed by atoms with Gasteiger partial charge in [-0.3, -0.25) is 9.78 Å². The predicted octanol–water partition coefficient (Wildman–Crippen LogP) is 1.29. The van der Waals surface area contributed by atoms with Crippen LogP contribution < -0.4 is 0 Å². The number of allylic oxidation sites excluding steroid dienone is 1. The maximum atomic E-state index is 10.9. The molecule has 0 spiro atoms. The molecular weight excluding hydrogens is 126 g/mol. The molecule has 0 radical (unpaired) electrons. The normalized spacial score (nSPS) is 13.8. The summed E-state index contributed by atoms with van der Waals surface area (Å²) in [4.78, 5) is 14.8. The van der Waals surface area contributed by atoms with Gasteiger partial charge < -0.3 is 0 Å². The standard InChI is InChI=1S/C8H5NO/c10-8-2-1-6-3-4-9-5-7(6)8/h1-5H. The summed E-state index contributed by atoms with van der Waals surface area (Å²) in [5, 5.41) is 0. The van der Waals surface area contributed by atoms with Gasteiger partial charge in [0.05, 0.1) is 0 Å². The van der Waals surface area contributed by atoms with Gasteiger partial charge >= 0.3 is 0 Å². The van der Waals surface area contributed by atoms with E-state index in [1.807, 2.05) is 6.07 Å². The van der Waals surface area contributed by atoms with Crippen LogP contribution in [0.3, 0.4) is 0 Å². The highest BCUT2D eigenvalue weighted by Gasteiger charge is 2.11. The second-order valence-electron chi connectivity index (χ2n) is 2.16. The summed E-state index contributed by atoms with van der Waals surface area (Å²) in [6.07, 6.45) is 6.64. The molecule has 0 amide bonds. The number of carbonyl (C=O) groups is 1. The second kappa shape index (κ2) is 1.77. The van der Waals surface area contributed by atoms with Crippen LogP contribution in [-0.2, 0) is 0 Å². The van der Waals surface area contributed by atoms with E-state index in [0.717, 1.165) is 5.56 Å². The van der Waals surface area contributed by atoms with Crippen LogP contribution in [-0.4, -0.2) is 10.8 Å². The van der Waals surface area contributed by atoms with E-state index in [1.165, 1.54) is 0 Å². The van der Waals surface area contributed by atoms with Crippen molar-refractivity contribution in [2.75, 3.05) is 0 Å². The first-order valence-electron chi connectivity index (χ1n) is 3.04. The lowest BCUT2D eigenvalue weighted by Gasteiger charge is -1.91. The Balaban J connectivity index is 2.70. The summed E-state index contributed by atoms with van der Waals surface area (Å²) in [6, 6.07) is 1.83. The van der Waals surface area contributed by atoms with Crippen molar-refractivity contribution in [3.8, 4) is 0 Å². The zero-order chi connectivity index (χ0) is 6.97. The molecule has 0 aliphatic heterocycles. The van der Waals surface area contributed by atoms with E-state index < -0.39 is 0 Å². The molecule has 0 fully saturated rings. The second-order valence-corrected chi connectivity index (χ2v) is 2.16. The first-order valence-corrected chi connectivity index (χ1v) is 3.04. The summed E-state index contributed by atoms with van der Waals surface area (Å²) in [6.45, 7) is 0. The Bertz CT molecular complexity index is 315. The van der Waals surface area contributed by atoms with Gasteiger partial charge in [-0.25, -0.2) is 0 Å². The Kier molecular flexibility index (Phi) is 0.947. The Morgan fingerprint density at radius 1 is 1.30 bits per heavy atom. The van der Waals surface area contributed by atoms with Crippen molar-refractivity contribution < 1.29 is 4.79 Å². The molecule has 2 nitrogen and oxygen atoms in total. The van der Waals surface area contributed by atoms with Crippen molar-refractivity contribution in [2.24, 2.45) is 0 Å². The van der Waals surface area contributed by atoms with Crippen molar-refractivity contribution in [1.29, 1.82) is 0 Å². The molecule has 1 aliphatic carbocycles. The van der Waals surface area contributed by atoms with E-state index in [4.69, 9.17) is 0 Å². The Labute approximate surface area is 58.2 Å². The topological polar surface area (TPSA) is 30.0 Å². The maximum absolute atomic E-state index is 10.9. The van der Waals surface area contributed by atoms with Crippen LogP contribution >= 0.6 is 0 Å². The van der Waals surface area contributed by atoms with Crippen molar-refractivity contribution in [3.05, 3.63) is 35.7 Å². The third-order valence-corrected chi connectivity index (χ3v) is 1.53. The van der Waals surface area contributed by atoms with Crippen LogP contribution in [0.1, 0.15) is 15.9 Å². The number of hydrogen-bond donors (Lipinski definition) is 0. The number of fused-ring (bicyclic) bond motifs is 1. The van der Waals surface area contributed by atoms with Gasteiger partial charge in [-0.15, -0.1) is 0 Å². The molecule has 2 heteroatoms. The molecular formula is C8H5NO. The summed E-state index contributed by atoms with van der Waals surface area (Å²) in [5.74, 6) is 0.0584. The minimum Gasteiger partial charge on any atom is -0.289 e. The van der Waals surface area contributed by atoms with Crippen LogP contribution in [0.4, 0.5) is 0 Å². The summed E-state index contributed by atoms with van der Waals surface area (Å²) >= 11 is 0. The first kappa shape index (κ1) is 5.35. The zero-order valence-electron chi connectivity index (χ0n) is 5.24. The molecule has 1 heterocycles. The largest absolute Gasteiger partial charge is 0.289 e. The SMILES string of the molecule is O=C1C=Cc2ccncc21. The fourth-order valence-corrected chi connectivity index (χ4v) is 1.01. The number of carbonyl (C=O) groups excluding carboxylic acids is 1. The molecule has 0 atom stereocenters. The van der Waals surface area contributed by atoms with Gasteiger partial charge in [0.2, 0.25) is 0 Å². The van der Waals surface area contributed by atoms with Crippen LogP contribution in [0.25, 0.3) is 6.08 Å². The van der Waals surface area contributed by atoms with Gasteiger partial charge in [-0.2, -0.15) is 0 Å². The molecule has 0 saturated heterocycles. The van der Waals surface area contributed by atoms with Crippen LogP contribution in [0, 0.1) is 0 Å². The molecule has 0 unspecified atom stereocenters. The van der Waals surface area contributed by atoms with E-state index in [2.05, 4.69) is 4.98 Å². The minimum absolute atomic E-state index is 0.0584. The Hall–Kier alpha value is -1.44. The molecule has 0 N–H and O–H groups in total.